The van der Waals surface area contributed by atoms with Crippen molar-refractivity contribution in [1.82, 2.24) is 0 Å². The van der Waals surface area contributed by atoms with E-state index in [0.29, 0.717) is 6.10 Å². The van der Waals surface area contributed by atoms with Gasteiger partial charge in [-0.1, -0.05) is 78.6 Å². The Balaban J connectivity index is 2.40. The fraction of sp³-hybridized carbons (Fsp3) is 1.00. The zero-order valence-electron chi connectivity index (χ0n) is 14.8. The summed E-state index contributed by atoms with van der Waals surface area (Å²) in [5.41, 5.74) is 0. The van der Waals surface area contributed by atoms with E-state index in [1.165, 1.54) is 88.8 Å². The highest BCUT2D eigenvalue weighted by Crippen LogP contribution is 2.25. The van der Waals surface area contributed by atoms with Crippen LogP contribution in [0.25, 0.3) is 0 Å². The van der Waals surface area contributed by atoms with E-state index in [0.717, 1.165) is 0 Å². The lowest BCUT2D eigenvalue weighted by atomic mass is 9.99. The predicted molar refractivity (Wildman–Crippen MR) is 93.9 cm³/mol. The lowest BCUT2D eigenvalue weighted by Crippen LogP contribution is -2.37. The van der Waals surface area contributed by atoms with E-state index in [2.05, 4.69) is 20.8 Å². The van der Waals surface area contributed by atoms with E-state index in [1.54, 1.807) is 0 Å². The van der Waals surface area contributed by atoms with Crippen molar-refractivity contribution < 1.29 is 9.46 Å². The van der Waals surface area contributed by atoms with Crippen LogP contribution in [-0.4, -0.2) is 14.4 Å². The summed E-state index contributed by atoms with van der Waals surface area (Å²) >= 11 is 0. The lowest BCUT2D eigenvalue weighted by molar-refractivity contribution is -0.260. The van der Waals surface area contributed by atoms with Crippen molar-refractivity contribution in [3.63, 3.8) is 0 Å². The fourth-order valence-corrected chi connectivity index (χ4v) is 5.51. The van der Waals surface area contributed by atoms with Gasteiger partial charge < -0.3 is 0 Å². The van der Waals surface area contributed by atoms with E-state index >= 15 is 0 Å². The molecule has 126 valence electrons. The summed E-state index contributed by atoms with van der Waals surface area (Å²) in [4.78, 5) is 5.99. The monoisotopic (exact) mass is 314 g/mol. The quantitative estimate of drug-likeness (QED) is 0.312. The van der Waals surface area contributed by atoms with Crippen molar-refractivity contribution in [3.8, 4) is 0 Å². The van der Waals surface area contributed by atoms with Crippen LogP contribution in [0, 0.1) is 0 Å². The molecule has 0 spiro atoms. The van der Waals surface area contributed by atoms with E-state index in [1.807, 2.05) is 0 Å². The molecule has 1 aliphatic carbocycles. The van der Waals surface area contributed by atoms with Crippen molar-refractivity contribution in [3.05, 3.63) is 0 Å². The first-order chi connectivity index (χ1) is 10.3. The molecule has 1 rings (SSSR count). The van der Waals surface area contributed by atoms with E-state index in [4.69, 9.17) is 9.46 Å². The molecule has 0 atom stereocenters. The molecule has 0 heterocycles. The number of hydrogen-bond donors (Lipinski definition) is 0. The molecular formula is C18H38O2Si. The summed E-state index contributed by atoms with van der Waals surface area (Å²) in [6.07, 6.45) is 15.2. The third kappa shape index (κ3) is 7.80. The summed E-state index contributed by atoms with van der Waals surface area (Å²) < 4.78 is 6.08. The van der Waals surface area contributed by atoms with E-state index in [-0.39, 0.29) is 0 Å². The Morgan fingerprint density at radius 3 is 1.43 bits per heavy atom. The molecule has 1 aliphatic rings. The van der Waals surface area contributed by atoms with Crippen LogP contribution in [0.3, 0.4) is 0 Å². The highest BCUT2D eigenvalue weighted by molar-refractivity contribution is 6.73. The summed E-state index contributed by atoms with van der Waals surface area (Å²) in [6.45, 7) is 6.80. The highest BCUT2D eigenvalue weighted by atomic mass is 28.4. The third-order valence-electron chi connectivity index (χ3n) is 5.35. The Bertz CT molecular complexity index is 221. The summed E-state index contributed by atoms with van der Waals surface area (Å²) in [7, 11) is -1.59. The van der Waals surface area contributed by atoms with E-state index in [9.17, 15) is 0 Å². The zero-order valence-corrected chi connectivity index (χ0v) is 15.8. The van der Waals surface area contributed by atoms with Gasteiger partial charge in [0.05, 0.1) is 6.10 Å². The van der Waals surface area contributed by atoms with Gasteiger partial charge in [0.25, 0.3) is 0 Å². The minimum absolute atomic E-state index is 0.348. The molecule has 1 fully saturated rings. The summed E-state index contributed by atoms with van der Waals surface area (Å²) in [5.74, 6) is 0. The minimum atomic E-state index is -1.59. The maximum Gasteiger partial charge on any atom is 0.238 e. The molecule has 0 aromatic rings. The van der Waals surface area contributed by atoms with E-state index < -0.39 is 8.32 Å². The van der Waals surface area contributed by atoms with Gasteiger partial charge >= 0.3 is 0 Å². The second-order valence-corrected chi connectivity index (χ2v) is 11.5. The minimum Gasteiger partial charge on any atom is -0.286 e. The van der Waals surface area contributed by atoms with Crippen LogP contribution >= 0.6 is 0 Å². The highest BCUT2D eigenvalue weighted by Gasteiger charge is 2.31. The average molecular weight is 315 g/mol. The SMILES string of the molecule is CC[Si](CC)(CC)OOC1CCCCCCCCCCC1. The van der Waals surface area contributed by atoms with Gasteiger partial charge in [-0.25, -0.2) is 4.89 Å². The molecule has 0 radical (unpaired) electrons. The first-order valence-corrected chi connectivity index (χ1v) is 12.1. The van der Waals surface area contributed by atoms with Gasteiger partial charge in [0.1, 0.15) is 0 Å². The molecule has 0 unspecified atom stereocenters. The largest absolute Gasteiger partial charge is 0.286 e. The van der Waals surface area contributed by atoms with Gasteiger partial charge in [0, 0.05) is 0 Å². The molecule has 0 bridgehead atoms. The van der Waals surface area contributed by atoms with Gasteiger partial charge in [-0.15, -0.1) is 0 Å². The second kappa shape index (κ2) is 11.7. The predicted octanol–water partition coefficient (Wildman–Crippen LogP) is 6.61. The van der Waals surface area contributed by atoms with Crippen LogP contribution in [0.15, 0.2) is 0 Å². The molecule has 3 heteroatoms. The topological polar surface area (TPSA) is 18.5 Å². The van der Waals surface area contributed by atoms with Crippen LogP contribution in [-0.2, 0) is 9.46 Å². The lowest BCUT2D eigenvalue weighted by Gasteiger charge is -2.29. The molecule has 0 aliphatic heterocycles. The first-order valence-electron chi connectivity index (χ1n) is 9.60. The molecule has 2 nitrogen and oxygen atoms in total. The van der Waals surface area contributed by atoms with Gasteiger partial charge in [-0.05, 0) is 31.0 Å². The smallest absolute Gasteiger partial charge is 0.238 e. The van der Waals surface area contributed by atoms with Crippen molar-refractivity contribution in [2.24, 2.45) is 0 Å². The summed E-state index contributed by atoms with van der Waals surface area (Å²) in [5, 5.41) is 0. The fourth-order valence-electron chi connectivity index (χ4n) is 3.32. The molecule has 1 saturated carbocycles. The maximum absolute atomic E-state index is 6.08. The standard InChI is InChI=1S/C18H38O2Si/c1-4-21(5-2,6-3)20-19-18-16-14-12-10-8-7-9-11-13-15-17-18/h18H,4-17H2,1-3H3. The Morgan fingerprint density at radius 1 is 0.667 bits per heavy atom. The molecule has 0 saturated heterocycles. The van der Waals surface area contributed by atoms with Gasteiger partial charge in [0.15, 0.2) is 0 Å². The van der Waals surface area contributed by atoms with Crippen LogP contribution < -0.4 is 0 Å². The second-order valence-electron chi connectivity index (χ2n) is 6.80. The van der Waals surface area contributed by atoms with Gasteiger partial charge in [0.2, 0.25) is 8.32 Å². The van der Waals surface area contributed by atoms with Crippen molar-refractivity contribution in [2.45, 2.75) is 116 Å². The Hall–Kier alpha value is 0.137. The summed E-state index contributed by atoms with van der Waals surface area (Å²) in [6, 6.07) is 3.52. The Kier molecular flexibility index (Phi) is 10.7. The van der Waals surface area contributed by atoms with Crippen LogP contribution in [0.5, 0.6) is 0 Å². The molecule has 0 amide bonds. The van der Waals surface area contributed by atoms with Crippen molar-refractivity contribution in [2.75, 3.05) is 0 Å². The zero-order chi connectivity index (χ0) is 15.4. The molecule has 0 aromatic carbocycles. The first kappa shape index (κ1) is 19.2. The van der Waals surface area contributed by atoms with Crippen LogP contribution in [0.2, 0.25) is 18.1 Å². The van der Waals surface area contributed by atoms with Crippen LogP contribution in [0.1, 0.15) is 91.4 Å². The van der Waals surface area contributed by atoms with Crippen molar-refractivity contribution in [1.29, 1.82) is 0 Å². The number of hydrogen-bond acceptors (Lipinski definition) is 2. The Morgan fingerprint density at radius 2 is 1.05 bits per heavy atom. The van der Waals surface area contributed by atoms with Gasteiger partial charge in [-0.3, -0.25) is 4.58 Å². The third-order valence-corrected chi connectivity index (χ3v) is 9.66. The molecule has 21 heavy (non-hydrogen) atoms. The molecular weight excluding hydrogens is 276 g/mol. The molecule has 0 aromatic heterocycles. The van der Waals surface area contributed by atoms with Crippen LogP contribution in [0.4, 0.5) is 0 Å². The average Bonchev–Trinajstić information content (AvgIpc) is 2.51. The Labute approximate surface area is 134 Å². The normalized spacial score (nSPS) is 20.7. The van der Waals surface area contributed by atoms with Crippen molar-refractivity contribution >= 4 is 8.32 Å². The van der Waals surface area contributed by atoms with Gasteiger partial charge in [-0.2, -0.15) is 0 Å². The molecule has 0 N–H and O–H groups in total. The number of rotatable bonds is 6. The maximum atomic E-state index is 6.08.